The van der Waals surface area contributed by atoms with E-state index >= 15 is 0 Å². The third-order valence-corrected chi connectivity index (χ3v) is 1.76. The SMILES string of the molecule is COCCN(C)C(=O)CCBr. The van der Waals surface area contributed by atoms with Crippen LogP contribution in [0.2, 0.25) is 0 Å². The fourth-order valence-electron chi connectivity index (χ4n) is 0.625. The van der Waals surface area contributed by atoms with Gasteiger partial charge in [-0.3, -0.25) is 4.79 Å². The van der Waals surface area contributed by atoms with Gasteiger partial charge in [-0.25, -0.2) is 0 Å². The molecular formula is C7H14BrNO2. The second-order valence-electron chi connectivity index (χ2n) is 2.25. The minimum atomic E-state index is 0.152. The summed E-state index contributed by atoms with van der Waals surface area (Å²) in [5.41, 5.74) is 0. The molecule has 0 spiro atoms. The first-order valence-corrected chi connectivity index (χ1v) is 4.63. The van der Waals surface area contributed by atoms with E-state index in [9.17, 15) is 4.79 Å². The predicted molar refractivity (Wildman–Crippen MR) is 47.9 cm³/mol. The van der Waals surface area contributed by atoms with E-state index in [2.05, 4.69) is 15.9 Å². The number of carbonyl (C=O) groups is 1. The van der Waals surface area contributed by atoms with Crippen LogP contribution in [-0.2, 0) is 9.53 Å². The van der Waals surface area contributed by atoms with Crippen LogP contribution in [0.4, 0.5) is 0 Å². The predicted octanol–water partition coefficient (Wildman–Crippen LogP) is 0.876. The molecule has 0 atom stereocenters. The fourth-order valence-corrected chi connectivity index (χ4v) is 0.964. The van der Waals surface area contributed by atoms with Crippen LogP contribution in [0.25, 0.3) is 0 Å². The molecule has 0 bridgehead atoms. The molecule has 11 heavy (non-hydrogen) atoms. The summed E-state index contributed by atoms with van der Waals surface area (Å²) >= 11 is 3.21. The fraction of sp³-hybridized carbons (Fsp3) is 0.857. The van der Waals surface area contributed by atoms with Gasteiger partial charge in [0.05, 0.1) is 6.61 Å². The van der Waals surface area contributed by atoms with E-state index in [-0.39, 0.29) is 5.91 Å². The first-order valence-electron chi connectivity index (χ1n) is 3.51. The second-order valence-corrected chi connectivity index (χ2v) is 3.04. The molecule has 0 heterocycles. The highest BCUT2D eigenvalue weighted by atomic mass is 79.9. The van der Waals surface area contributed by atoms with E-state index in [1.54, 1.807) is 19.1 Å². The molecule has 0 aromatic heterocycles. The second kappa shape index (κ2) is 6.61. The Morgan fingerprint density at radius 3 is 2.73 bits per heavy atom. The number of methoxy groups -OCH3 is 1. The van der Waals surface area contributed by atoms with Gasteiger partial charge in [0, 0.05) is 32.5 Å². The average molecular weight is 224 g/mol. The normalized spacial score (nSPS) is 9.73. The molecule has 0 aliphatic rings. The lowest BCUT2D eigenvalue weighted by Crippen LogP contribution is -2.29. The standard InChI is InChI=1S/C7H14BrNO2/c1-9(5-6-11-2)7(10)3-4-8/h3-6H2,1-2H3. The number of hydrogen-bond donors (Lipinski definition) is 0. The van der Waals surface area contributed by atoms with Crippen molar-refractivity contribution in [3.05, 3.63) is 0 Å². The van der Waals surface area contributed by atoms with Crippen LogP contribution in [0.15, 0.2) is 0 Å². The van der Waals surface area contributed by atoms with E-state index in [1.165, 1.54) is 0 Å². The zero-order valence-electron chi connectivity index (χ0n) is 6.97. The third kappa shape index (κ3) is 5.21. The van der Waals surface area contributed by atoms with Crippen molar-refractivity contribution in [1.82, 2.24) is 4.90 Å². The Hall–Kier alpha value is -0.0900. The van der Waals surface area contributed by atoms with Gasteiger partial charge in [0.15, 0.2) is 0 Å². The number of halogens is 1. The van der Waals surface area contributed by atoms with Crippen LogP contribution in [0.1, 0.15) is 6.42 Å². The summed E-state index contributed by atoms with van der Waals surface area (Å²) in [5.74, 6) is 0.152. The minimum Gasteiger partial charge on any atom is -0.383 e. The van der Waals surface area contributed by atoms with Crippen LogP contribution in [0, 0.1) is 0 Å². The quantitative estimate of drug-likeness (QED) is 0.648. The van der Waals surface area contributed by atoms with Crippen LogP contribution in [0.5, 0.6) is 0 Å². The van der Waals surface area contributed by atoms with Gasteiger partial charge >= 0.3 is 0 Å². The van der Waals surface area contributed by atoms with E-state index in [0.29, 0.717) is 19.6 Å². The summed E-state index contributed by atoms with van der Waals surface area (Å²) < 4.78 is 4.84. The molecule has 1 amide bonds. The van der Waals surface area contributed by atoms with E-state index in [0.717, 1.165) is 5.33 Å². The summed E-state index contributed by atoms with van der Waals surface area (Å²) in [7, 11) is 3.41. The first-order chi connectivity index (χ1) is 5.22. The zero-order valence-corrected chi connectivity index (χ0v) is 8.56. The van der Waals surface area contributed by atoms with Gasteiger partial charge in [-0.15, -0.1) is 0 Å². The molecule has 0 aliphatic heterocycles. The third-order valence-electron chi connectivity index (χ3n) is 1.36. The summed E-state index contributed by atoms with van der Waals surface area (Å²) in [4.78, 5) is 12.8. The number of rotatable bonds is 5. The van der Waals surface area contributed by atoms with Gasteiger partial charge in [0.25, 0.3) is 0 Å². The van der Waals surface area contributed by atoms with Crippen molar-refractivity contribution in [1.29, 1.82) is 0 Å². The molecule has 3 nitrogen and oxygen atoms in total. The molecule has 0 fully saturated rings. The molecular weight excluding hydrogens is 210 g/mol. The Kier molecular flexibility index (Phi) is 6.56. The summed E-state index contributed by atoms with van der Waals surface area (Å²) in [6, 6.07) is 0. The largest absolute Gasteiger partial charge is 0.383 e. The number of alkyl halides is 1. The highest BCUT2D eigenvalue weighted by Gasteiger charge is 2.05. The Bertz CT molecular complexity index is 119. The topological polar surface area (TPSA) is 29.5 Å². The Morgan fingerprint density at radius 1 is 1.64 bits per heavy atom. The molecule has 4 heteroatoms. The summed E-state index contributed by atoms with van der Waals surface area (Å²) in [6.07, 6.45) is 0.556. The van der Waals surface area contributed by atoms with Gasteiger partial charge in [0.1, 0.15) is 0 Å². The van der Waals surface area contributed by atoms with Gasteiger partial charge in [-0.05, 0) is 0 Å². The maximum Gasteiger partial charge on any atom is 0.223 e. The van der Waals surface area contributed by atoms with Crippen molar-refractivity contribution in [3.8, 4) is 0 Å². The Labute approximate surface area is 75.8 Å². The number of nitrogens with zero attached hydrogens (tertiary/aromatic N) is 1. The van der Waals surface area contributed by atoms with Crippen LogP contribution >= 0.6 is 15.9 Å². The highest BCUT2D eigenvalue weighted by Crippen LogP contribution is 1.93. The molecule has 0 aromatic rings. The first kappa shape index (κ1) is 10.9. The maximum atomic E-state index is 11.1. The molecule has 0 N–H and O–H groups in total. The van der Waals surface area contributed by atoms with Gasteiger partial charge in [-0.2, -0.15) is 0 Å². The van der Waals surface area contributed by atoms with Crippen molar-refractivity contribution in [2.45, 2.75) is 6.42 Å². The van der Waals surface area contributed by atoms with Gasteiger partial charge < -0.3 is 9.64 Å². The average Bonchev–Trinajstić information content (AvgIpc) is 2.00. The molecule has 0 radical (unpaired) electrons. The van der Waals surface area contributed by atoms with Crippen molar-refractivity contribution in [2.24, 2.45) is 0 Å². The summed E-state index contributed by atoms with van der Waals surface area (Å²) in [6.45, 7) is 1.27. The lowest BCUT2D eigenvalue weighted by Gasteiger charge is -2.15. The molecule has 0 aromatic carbocycles. The molecule has 0 saturated carbocycles. The monoisotopic (exact) mass is 223 g/mol. The van der Waals surface area contributed by atoms with Crippen molar-refractivity contribution >= 4 is 21.8 Å². The molecule has 0 rings (SSSR count). The van der Waals surface area contributed by atoms with Crippen molar-refractivity contribution in [2.75, 3.05) is 32.6 Å². The van der Waals surface area contributed by atoms with E-state index in [4.69, 9.17) is 4.74 Å². The maximum absolute atomic E-state index is 11.1. The molecule has 66 valence electrons. The van der Waals surface area contributed by atoms with E-state index in [1.807, 2.05) is 0 Å². The highest BCUT2D eigenvalue weighted by molar-refractivity contribution is 9.09. The number of likely N-dealkylation sites (N-methyl/N-ethyl adjacent to an activating group) is 1. The Balaban J connectivity index is 3.46. The number of amides is 1. The zero-order chi connectivity index (χ0) is 8.69. The van der Waals surface area contributed by atoms with E-state index < -0.39 is 0 Å². The number of hydrogen-bond acceptors (Lipinski definition) is 2. The van der Waals surface area contributed by atoms with Gasteiger partial charge in [-0.1, -0.05) is 15.9 Å². The van der Waals surface area contributed by atoms with Crippen molar-refractivity contribution in [3.63, 3.8) is 0 Å². The Morgan fingerprint density at radius 2 is 2.27 bits per heavy atom. The number of ether oxygens (including phenoxy) is 1. The van der Waals surface area contributed by atoms with Crippen molar-refractivity contribution < 1.29 is 9.53 Å². The molecule has 0 aliphatic carbocycles. The van der Waals surface area contributed by atoms with Crippen LogP contribution < -0.4 is 0 Å². The smallest absolute Gasteiger partial charge is 0.223 e. The molecule has 0 saturated heterocycles. The van der Waals surface area contributed by atoms with Crippen LogP contribution in [0.3, 0.4) is 0 Å². The number of carbonyl (C=O) groups excluding carboxylic acids is 1. The lowest BCUT2D eigenvalue weighted by atomic mass is 10.4. The van der Waals surface area contributed by atoms with Crippen LogP contribution in [-0.4, -0.2) is 43.4 Å². The lowest BCUT2D eigenvalue weighted by molar-refractivity contribution is -0.129. The van der Waals surface area contributed by atoms with Gasteiger partial charge in [0.2, 0.25) is 5.91 Å². The summed E-state index contributed by atoms with van der Waals surface area (Å²) in [5, 5.41) is 0.725. The molecule has 0 unspecified atom stereocenters. The minimum absolute atomic E-state index is 0.152.